The molecule has 4 aliphatic carbocycles. The fraction of sp³-hybridized carbons (Fsp3) is 0.714. The van der Waals surface area contributed by atoms with Crippen molar-refractivity contribution in [1.29, 1.82) is 0 Å². The molecule has 174 valence electrons. The summed E-state index contributed by atoms with van der Waals surface area (Å²) in [4.78, 5) is 32.7. The molecule has 1 aliphatic heterocycles. The van der Waals surface area contributed by atoms with Gasteiger partial charge in [0.05, 0.1) is 12.1 Å². The molecule has 0 aromatic carbocycles. The number of alkyl halides is 3. The van der Waals surface area contributed by atoms with E-state index in [-0.39, 0.29) is 35.5 Å². The normalized spacial score (nSPS) is 38.2. The van der Waals surface area contributed by atoms with Crippen LogP contribution in [0.5, 0.6) is 0 Å². The van der Waals surface area contributed by atoms with Gasteiger partial charge in [-0.3, -0.25) is 4.79 Å². The second kappa shape index (κ2) is 7.21. The molecule has 1 saturated heterocycles. The van der Waals surface area contributed by atoms with Crippen molar-refractivity contribution in [2.24, 2.45) is 34.8 Å². The monoisotopic (exact) mass is 453 g/mol. The fourth-order valence-electron chi connectivity index (χ4n) is 7.36. The Hall–Kier alpha value is -2.59. The van der Waals surface area contributed by atoms with Crippen LogP contribution in [0.1, 0.15) is 44.3 Å². The zero-order chi connectivity index (χ0) is 22.8. The Bertz CT molecular complexity index is 926. The standard InChI is InChI=1S/C21H26F3N5O3/c22-21(23,24)18-26-3-1-14(28-18)27-13-2-4-29(19(31)32)16(13)15-11-5-10-6-12(15)9-20(7-10,8-11)17(25)30/h1,3,10-13,15-16H,2,4-9H2,(H2,25,30)(H,31,32)(H,26,27,28)/t10?,11-,12?,13?,15?,16-,20-/m0/s1. The summed E-state index contributed by atoms with van der Waals surface area (Å²) in [6.07, 6.45) is -0.125. The number of primary amides is 1. The number of rotatable bonds is 4. The molecule has 5 aliphatic rings. The predicted octanol–water partition coefficient (Wildman–Crippen LogP) is 2.96. The SMILES string of the molecule is NC(=O)[C@]12CC3CC(C1)C([C@@H]1C(Nc4ccnc(C(F)(F)F)n4)CCN1C(=O)O)[C@@H](C3)C2. The minimum absolute atomic E-state index is 0.0342. The van der Waals surface area contributed by atoms with E-state index in [1.165, 1.54) is 11.0 Å². The van der Waals surface area contributed by atoms with Gasteiger partial charge in [-0.25, -0.2) is 14.8 Å². The lowest BCUT2D eigenvalue weighted by Gasteiger charge is -2.61. The van der Waals surface area contributed by atoms with Gasteiger partial charge in [0.25, 0.3) is 0 Å². The van der Waals surface area contributed by atoms with Crippen LogP contribution in [0.4, 0.5) is 23.8 Å². The first-order valence-corrected chi connectivity index (χ1v) is 11.0. The topological polar surface area (TPSA) is 121 Å². The fourth-order valence-corrected chi connectivity index (χ4v) is 7.36. The zero-order valence-corrected chi connectivity index (χ0v) is 17.4. The summed E-state index contributed by atoms with van der Waals surface area (Å²) in [5.74, 6) is -0.625. The van der Waals surface area contributed by atoms with E-state index >= 15 is 0 Å². The molecule has 4 unspecified atom stereocenters. The van der Waals surface area contributed by atoms with Gasteiger partial charge in [-0.2, -0.15) is 13.2 Å². The summed E-state index contributed by atoms with van der Waals surface area (Å²) in [6.45, 7) is 0.301. The van der Waals surface area contributed by atoms with Crippen LogP contribution in [0.15, 0.2) is 12.3 Å². The molecule has 1 aromatic heterocycles. The maximum atomic E-state index is 13.0. The first-order chi connectivity index (χ1) is 15.1. The van der Waals surface area contributed by atoms with Gasteiger partial charge in [0.2, 0.25) is 11.7 Å². The lowest BCUT2D eigenvalue weighted by atomic mass is 9.44. The first kappa shape index (κ1) is 21.3. The van der Waals surface area contributed by atoms with Crippen molar-refractivity contribution in [3.63, 3.8) is 0 Å². The van der Waals surface area contributed by atoms with Gasteiger partial charge in [-0.1, -0.05) is 0 Å². The third-order valence-corrected chi connectivity index (χ3v) is 8.20. The second-order valence-electron chi connectivity index (χ2n) is 9.96. The summed E-state index contributed by atoms with van der Waals surface area (Å²) >= 11 is 0. The number of carboxylic acid groups (broad SMARTS) is 1. The van der Waals surface area contributed by atoms with Crippen LogP contribution in [-0.2, 0) is 11.0 Å². The van der Waals surface area contributed by atoms with E-state index in [1.54, 1.807) is 0 Å². The largest absolute Gasteiger partial charge is 0.465 e. The Morgan fingerprint density at radius 3 is 2.50 bits per heavy atom. The van der Waals surface area contributed by atoms with Crippen LogP contribution in [0.25, 0.3) is 0 Å². The van der Waals surface area contributed by atoms with Crippen LogP contribution in [0, 0.1) is 29.1 Å². The number of aromatic nitrogens is 2. The van der Waals surface area contributed by atoms with Gasteiger partial charge in [0.1, 0.15) is 5.82 Å². The van der Waals surface area contributed by atoms with Crippen molar-refractivity contribution >= 4 is 17.8 Å². The van der Waals surface area contributed by atoms with E-state index in [4.69, 9.17) is 5.73 Å². The predicted molar refractivity (Wildman–Crippen MR) is 106 cm³/mol. The molecule has 0 spiro atoms. The van der Waals surface area contributed by atoms with E-state index in [9.17, 15) is 27.9 Å². The minimum atomic E-state index is -4.66. The number of hydrogen-bond acceptors (Lipinski definition) is 5. The quantitative estimate of drug-likeness (QED) is 0.645. The van der Waals surface area contributed by atoms with Crippen molar-refractivity contribution < 1.29 is 27.9 Å². The number of nitrogens with zero attached hydrogens (tertiary/aromatic N) is 3. The maximum absolute atomic E-state index is 13.0. The number of carbonyl (C=O) groups is 2. The third kappa shape index (κ3) is 3.36. The summed E-state index contributed by atoms with van der Waals surface area (Å²) in [5, 5.41) is 12.9. The molecule has 5 fully saturated rings. The molecular formula is C21H26F3N5O3. The highest BCUT2D eigenvalue weighted by Gasteiger charge is 2.61. The van der Waals surface area contributed by atoms with E-state index in [1.807, 2.05) is 0 Å². The molecular weight excluding hydrogens is 427 g/mol. The van der Waals surface area contributed by atoms with Crippen LogP contribution in [0.2, 0.25) is 0 Å². The third-order valence-electron chi connectivity index (χ3n) is 8.20. The Balaban J connectivity index is 1.43. The number of nitrogens with one attached hydrogen (secondary N) is 1. The number of amides is 2. The molecule has 2 heterocycles. The molecule has 7 atom stereocenters. The number of likely N-dealkylation sites (tertiary alicyclic amines) is 1. The van der Waals surface area contributed by atoms with Gasteiger partial charge in [-0.05, 0) is 68.3 Å². The molecule has 0 radical (unpaired) electrons. The molecule has 11 heteroatoms. The molecule has 4 saturated carbocycles. The lowest BCUT2D eigenvalue weighted by Crippen LogP contribution is -2.61. The highest BCUT2D eigenvalue weighted by atomic mass is 19.4. The smallest absolute Gasteiger partial charge is 0.451 e. The second-order valence-corrected chi connectivity index (χ2v) is 9.96. The summed E-state index contributed by atoms with van der Waals surface area (Å²) in [7, 11) is 0. The molecule has 6 rings (SSSR count). The van der Waals surface area contributed by atoms with E-state index in [0.29, 0.717) is 31.7 Å². The number of anilines is 1. The molecule has 1 aromatic rings. The average molecular weight is 453 g/mol. The molecule has 4 N–H and O–H groups in total. The molecule has 2 amide bonds. The molecule has 8 nitrogen and oxygen atoms in total. The van der Waals surface area contributed by atoms with Crippen molar-refractivity contribution in [2.45, 2.75) is 56.8 Å². The minimum Gasteiger partial charge on any atom is -0.465 e. The Morgan fingerprint density at radius 2 is 1.91 bits per heavy atom. The Morgan fingerprint density at radius 1 is 1.22 bits per heavy atom. The van der Waals surface area contributed by atoms with Gasteiger partial charge in [0.15, 0.2) is 0 Å². The summed E-state index contributed by atoms with van der Waals surface area (Å²) in [6, 6.07) is 0.611. The first-order valence-electron chi connectivity index (χ1n) is 11.0. The zero-order valence-electron chi connectivity index (χ0n) is 17.4. The van der Waals surface area contributed by atoms with Crippen LogP contribution in [-0.4, -0.2) is 50.6 Å². The van der Waals surface area contributed by atoms with Gasteiger partial charge in [-0.15, -0.1) is 0 Å². The van der Waals surface area contributed by atoms with Gasteiger partial charge < -0.3 is 21.1 Å². The summed E-state index contributed by atoms with van der Waals surface area (Å²) in [5.41, 5.74) is 5.29. The lowest BCUT2D eigenvalue weighted by molar-refractivity contribution is -0.154. The van der Waals surface area contributed by atoms with Gasteiger partial charge >= 0.3 is 12.3 Å². The van der Waals surface area contributed by atoms with E-state index < -0.39 is 29.6 Å². The van der Waals surface area contributed by atoms with Gasteiger partial charge in [0, 0.05) is 18.2 Å². The number of carbonyl (C=O) groups excluding carboxylic acids is 1. The van der Waals surface area contributed by atoms with Crippen LogP contribution >= 0.6 is 0 Å². The van der Waals surface area contributed by atoms with Crippen LogP contribution < -0.4 is 11.1 Å². The highest BCUT2D eigenvalue weighted by molar-refractivity contribution is 5.81. The van der Waals surface area contributed by atoms with E-state index in [2.05, 4.69) is 15.3 Å². The van der Waals surface area contributed by atoms with Crippen molar-refractivity contribution in [3.05, 3.63) is 18.1 Å². The average Bonchev–Trinajstić information content (AvgIpc) is 3.10. The molecule has 32 heavy (non-hydrogen) atoms. The number of hydrogen-bond donors (Lipinski definition) is 3. The summed E-state index contributed by atoms with van der Waals surface area (Å²) < 4.78 is 39.1. The molecule has 4 bridgehead atoms. The number of halogens is 3. The Labute approximate surface area is 182 Å². The Kier molecular flexibility index (Phi) is 4.79. The van der Waals surface area contributed by atoms with Crippen molar-refractivity contribution in [2.75, 3.05) is 11.9 Å². The van der Waals surface area contributed by atoms with E-state index in [0.717, 1.165) is 25.5 Å². The van der Waals surface area contributed by atoms with Crippen LogP contribution in [0.3, 0.4) is 0 Å². The van der Waals surface area contributed by atoms with Crippen molar-refractivity contribution in [1.82, 2.24) is 14.9 Å². The maximum Gasteiger partial charge on any atom is 0.451 e. The number of nitrogens with two attached hydrogens (primary N) is 1. The highest BCUT2D eigenvalue weighted by Crippen LogP contribution is 2.63. The van der Waals surface area contributed by atoms with Crippen molar-refractivity contribution in [3.8, 4) is 0 Å².